The highest BCUT2D eigenvalue weighted by molar-refractivity contribution is 5.42. The van der Waals surface area contributed by atoms with Gasteiger partial charge >= 0.3 is 0 Å². The molecule has 0 aliphatic rings. The van der Waals surface area contributed by atoms with E-state index in [1.165, 1.54) is 0 Å². The van der Waals surface area contributed by atoms with Gasteiger partial charge < -0.3 is 20.1 Å². The van der Waals surface area contributed by atoms with Gasteiger partial charge in [-0.15, -0.1) is 0 Å². The summed E-state index contributed by atoms with van der Waals surface area (Å²) in [6.45, 7) is 0.763. The van der Waals surface area contributed by atoms with Gasteiger partial charge in [-0.2, -0.15) is 0 Å². The van der Waals surface area contributed by atoms with Gasteiger partial charge in [0.15, 0.2) is 0 Å². The first-order valence-corrected chi connectivity index (χ1v) is 5.05. The molecule has 0 spiro atoms. The number of methoxy groups -OCH3 is 1. The minimum absolute atomic E-state index is 0.309. The number of ether oxygens (including phenoxy) is 1. The number of hydrogen-bond acceptors (Lipinski definition) is 6. The van der Waals surface area contributed by atoms with Crippen LogP contribution in [0.2, 0.25) is 0 Å². The van der Waals surface area contributed by atoms with Crippen molar-refractivity contribution < 1.29 is 9.84 Å². The van der Waals surface area contributed by atoms with Crippen molar-refractivity contribution in [2.75, 3.05) is 44.6 Å². The summed E-state index contributed by atoms with van der Waals surface area (Å²) in [5.41, 5.74) is 0. The molecule has 1 atom stereocenters. The number of aromatic nitrogens is 2. The molecule has 1 unspecified atom stereocenters. The first kappa shape index (κ1) is 12.7. The van der Waals surface area contributed by atoms with Gasteiger partial charge in [-0.25, -0.2) is 4.98 Å². The van der Waals surface area contributed by atoms with E-state index in [9.17, 15) is 5.11 Å². The number of rotatable bonds is 6. The van der Waals surface area contributed by atoms with Crippen molar-refractivity contribution in [3.8, 4) is 0 Å². The Bertz CT molecular complexity index is 321. The topological polar surface area (TPSA) is 70.5 Å². The molecule has 2 N–H and O–H groups in total. The number of hydrogen-bond donors (Lipinski definition) is 2. The minimum atomic E-state index is -0.532. The van der Waals surface area contributed by atoms with Gasteiger partial charge in [0.2, 0.25) is 0 Å². The van der Waals surface area contributed by atoms with E-state index < -0.39 is 6.10 Å². The van der Waals surface area contributed by atoms with Crippen LogP contribution in [0.5, 0.6) is 0 Å². The Morgan fingerprint density at radius 2 is 2.31 bits per heavy atom. The first-order chi connectivity index (χ1) is 7.67. The van der Waals surface area contributed by atoms with E-state index in [0.717, 1.165) is 0 Å². The molecule has 0 aliphatic carbocycles. The molecule has 0 fully saturated rings. The summed E-state index contributed by atoms with van der Waals surface area (Å²) in [5, 5.41) is 12.5. The molecule has 0 radical (unpaired) electrons. The van der Waals surface area contributed by atoms with Crippen LogP contribution in [-0.4, -0.2) is 55.5 Å². The number of likely N-dealkylation sites (N-methyl/N-ethyl adjacent to an activating group) is 1. The third-order valence-corrected chi connectivity index (χ3v) is 2.11. The second-order valence-electron chi connectivity index (χ2n) is 3.50. The minimum Gasteiger partial charge on any atom is -0.389 e. The summed E-state index contributed by atoms with van der Waals surface area (Å²) in [6.07, 6.45) is 2.76. The van der Waals surface area contributed by atoms with Crippen molar-refractivity contribution in [3.05, 3.63) is 12.4 Å². The van der Waals surface area contributed by atoms with E-state index in [-0.39, 0.29) is 0 Å². The van der Waals surface area contributed by atoms with Crippen LogP contribution in [0.3, 0.4) is 0 Å². The first-order valence-electron chi connectivity index (χ1n) is 5.05. The smallest absolute Gasteiger partial charge is 0.149 e. The lowest BCUT2D eigenvalue weighted by Crippen LogP contribution is -2.32. The predicted molar refractivity (Wildman–Crippen MR) is 62.7 cm³/mol. The average Bonchev–Trinajstić information content (AvgIpc) is 2.29. The maximum atomic E-state index is 9.58. The Labute approximate surface area is 95.3 Å². The Balaban J connectivity index is 2.61. The molecule has 0 bridgehead atoms. The van der Waals surface area contributed by atoms with Crippen LogP contribution >= 0.6 is 0 Å². The van der Waals surface area contributed by atoms with E-state index in [1.54, 1.807) is 26.6 Å². The molecule has 1 heterocycles. The predicted octanol–water partition coefficient (Wildman–Crippen LogP) is -0.0382. The Kier molecular flexibility index (Phi) is 4.94. The molecule has 90 valence electrons. The third-order valence-electron chi connectivity index (χ3n) is 2.11. The maximum Gasteiger partial charge on any atom is 0.149 e. The summed E-state index contributed by atoms with van der Waals surface area (Å²) in [7, 11) is 5.19. The standard InChI is InChI=1S/C10H18N4O2/c1-11-9-4-12-5-10(13-9)14(2)6-8(15)7-16-3/h4-5,8,15H,6-7H2,1-3H3,(H,11,13). The van der Waals surface area contributed by atoms with E-state index in [4.69, 9.17) is 4.74 Å². The fourth-order valence-corrected chi connectivity index (χ4v) is 1.31. The molecule has 0 aromatic carbocycles. The van der Waals surface area contributed by atoms with E-state index in [1.807, 2.05) is 11.9 Å². The Morgan fingerprint density at radius 3 is 2.94 bits per heavy atom. The summed E-state index contributed by atoms with van der Waals surface area (Å²) in [4.78, 5) is 10.2. The molecule has 6 heteroatoms. The number of aliphatic hydroxyl groups is 1. The molecule has 0 saturated heterocycles. The maximum absolute atomic E-state index is 9.58. The lowest BCUT2D eigenvalue weighted by atomic mass is 10.3. The second kappa shape index (κ2) is 6.24. The molecule has 0 aliphatic heterocycles. The molecule has 1 aromatic rings. The average molecular weight is 226 g/mol. The highest BCUT2D eigenvalue weighted by Crippen LogP contribution is 2.10. The van der Waals surface area contributed by atoms with Crippen LogP contribution in [-0.2, 0) is 4.74 Å². The quantitative estimate of drug-likeness (QED) is 0.709. The van der Waals surface area contributed by atoms with Crippen molar-refractivity contribution in [3.63, 3.8) is 0 Å². The van der Waals surface area contributed by atoms with E-state index in [0.29, 0.717) is 24.8 Å². The zero-order valence-electron chi connectivity index (χ0n) is 9.84. The molecule has 16 heavy (non-hydrogen) atoms. The van der Waals surface area contributed by atoms with Crippen molar-refractivity contribution in [2.45, 2.75) is 6.10 Å². The van der Waals surface area contributed by atoms with Crippen molar-refractivity contribution >= 4 is 11.6 Å². The van der Waals surface area contributed by atoms with Gasteiger partial charge in [0.05, 0.1) is 25.1 Å². The van der Waals surface area contributed by atoms with E-state index in [2.05, 4.69) is 15.3 Å². The fraction of sp³-hybridized carbons (Fsp3) is 0.600. The summed E-state index contributed by atoms with van der Waals surface area (Å²) < 4.78 is 4.86. The molecule has 1 aromatic heterocycles. The zero-order valence-corrected chi connectivity index (χ0v) is 9.84. The molecule has 1 rings (SSSR count). The highest BCUT2D eigenvalue weighted by atomic mass is 16.5. The summed E-state index contributed by atoms with van der Waals surface area (Å²) in [6, 6.07) is 0. The molecule has 0 amide bonds. The lowest BCUT2D eigenvalue weighted by Gasteiger charge is -2.21. The third kappa shape index (κ3) is 3.63. The van der Waals surface area contributed by atoms with Crippen molar-refractivity contribution in [1.82, 2.24) is 9.97 Å². The summed E-state index contributed by atoms with van der Waals surface area (Å²) in [5.74, 6) is 1.41. The number of nitrogens with zero attached hydrogens (tertiary/aromatic N) is 3. The van der Waals surface area contributed by atoms with Crippen LogP contribution in [0.1, 0.15) is 0 Å². The monoisotopic (exact) mass is 226 g/mol. The van der Waals surface area contributed by atoms with Gasteiger partial charge in [0.25, 0.3) is 0 Å². The summed E-state index contributed by atoms with van der Waals surface area (Å²) >= 11 is 0. The van der Waals surface area contributed by atoms with Crippen molar-refractivity contribution in [1.29, 1.82) is 0 Å². The van der Waals surface area contributed by atoms with Crippen molar-refractivity contribution in [2.24, 2.45) is 0 Å². The normalized spacial score (nSPS) is 12.2. The zero-order chi connectivity index (χ0) is 12.0. The van der Waals surface area contributed by atoms with E-state index >= 15 is 0 Å². The molecule has 0 saturated carbocycles. The molecular formula is C10H18N4O2. The fourth-order valence-electron chi connectivity index (χ4n) is 1.31. The van der Waals surface area contributed by atoms with Gasteiger partial charge in [-0.1, -0.05) is 0 Å². The SMILES string of the molecule is CNc1cncc(N(C)CC(O)COC)n1. The van der Waals surface area contributed by atoms with Crippen LogP contribution < -0.4 is 10.2 Å². The highest BCUT2D eigenvalue weighted by Gasteiger charge is 2.10. The second-order valence-corrected chi connectivity index (χ2v) is 3.50. The van der Waals surface area contributed by atoms with Gasteiger partial charge in [0, 0.05) is 27.7 Å². The van der Waals surface area contributed by atoms with Gasteiger partial charge in [0.1, 0.15) is 11.6 Å². The number of aliphatic hydroxyl groups excluding tert-OH is 1. The Hall–Kier alpha value is -1.40. The number of anilines is 2. The van der Waals surface area contributed by atoms with Crippen LogP contribution in [0, 0.1) is 0 Å². The van der Waals surface area contributed by atoms with Gasteiger partial charge in [-0.05, 0) is 0 Å². The van der Waals surface area contributed by atoms with Gasteiger partial charge in [-0.3, -0.25) is 4.98 Å². The molecule has 6 nitrogen and oxygen atoms in total. The van der Waals surface area contributed by atoms with Crippen LogP contribution in [0.15, 0.2) is 12.4 Å². The largest absolute Gasteiger partial charge is 0.389 e. The Morgan fingerprint density at radius 1 is 1.56 bits per heavy atom. The molecular weight excluding hydrogens is 208 g/mol. The number of nitrogens with one attached hydrogen (secondary N) is 1. The lowest BCUT2D eigenvalue weighted by molar-refractivity contribution is 0.0694. The van der Waals surface area contributed by atoms with Crippen LogP contribution in [0.25, 0.3) is 0 Å². The van der Waals surface area contributed by atoms with Crippen LogP contribution in [0.4, 0.5) is 11.6 Å².